The first kappa shape index (κ1) is 56.0. The molecule has 10 rings (SSSR count). The zero-order valence-corrected chi connectivity index (χ0v) is 43.0. The molecule has 6 nitrogen and oxygen atoms in total. The summed E-state index contributed by atoms with van der Waals surface area (Å²) in [6, 6.07) is 34.0. The molecule has 82 heavy (non-hydrogen) atoms. The number of hydrogen-bond acceptors (Lipinski definition) is 5. The van der Waals surface area contributed by atoms with Gasteiger partial charge in [0.15, 0.2) is 11.7 Å². The molecule has 2 unspecified atom stereocenters. The molecule has 3 heterocycles. The van der Waals surface area contributed by atoms with Crippen LogP contribution in [-0.2, 0) is 31.1 Å². The van der Waals surface area contributed by atoms with Gasteiger partial charge in [-0.15, -0.1) is 0 Å². The lowest BCUT2D eigenvalue weighted by Gasteiger charge is -2.28. The van der Waals surface area contributed by atoms with Gasteiger partial charge in [-0.2, -0.15) is 52.7 Å². The maximum absolute atomic E-state index is 14.6. The molecular formula is C64H44F12N6. The molecule has 0 amide bonds. The number of amidine groups is 2. The first-order valence-corrected chi connectivity index (χ1v) is 25.3. The molecule has 0 saturated carbocycles. The lowest BCUT2D eigenvalue weighted by molar-refractivity contribution is -0.144. The summed E-state index contributed by atoms with van der Waals surface area (Å²) in [4.78, 5) is 21.9. The van der Waals surface area contributed by atoms with Crippen molar-refractivity contribution < 1.29 is 52.7 Å². The van der Waals surface area contributed by atoms with Crippen LogP contribution in [0.4, 0.5) is 52.7 Å². The van der Waals surface area contributed by atoms with Crippen LogP contribution in [0.5, 0.6) is 0 Å². The minimum absolute atomic E-state index is 0.0140. The standard InChI is InChI=1S/C64H44F12N6/c1-4-14-38(2)81(39(3)15-13-20-40-23-25-44(61(65,66)67)34-52(40)63(71,72)73)46-27-29-54-58(79-60(42-18-9-6-10-19-42)80-59(78-54)41-16-7-5-8-17-41)50(36-46)51-37-77-32-31-57(51)82-55-22-12-11-21-48(55)49-33-43(24-30-56(49)82)47-28-26-45(62(68,69)70)35-53(47)64(74,75)76/h4-19,21-37,50,54H,2-3,20H2,1H3/b14-4-,15-13-. The van der Waals surface area contributed by atoms with Gasteiger partial charge in [-0.3, -0.25) is 9.98 Å². The third-order valence-corrected chi connectivity index (χ3v) is 13.8. The Morgan fingerprint density at radius 1 is 0.598 bits per heavy atom. The summed E-state index contributed by atoms with van der Waals surface area (Å²) in [5.41, 5.74) is -1.80. The summed E-state index contributed by atoms with van der Waals surface area (Å²) in [5.74, 6) is -0.274. The number of nitrogens with zero attached hydrogens (tertiary/aromatic N) is 6. The van der Waals surface area contributed by atoms with E-state index in [2.05, 4.69) is 18.1 Å². The molecule has 2 aliphatic rings. The van der Waals surface area contributed by atoms with E-state index in [9.17, 15) is 52.7 Å². The van der Waals surface area contributed by atoms with E-state index in [1.807, 2.05) is 77.4 Å². The summed E-state index contributed by atoms with van der Waals surface area (Å²) in [5, 5.41) is 1.07. The molecule has 2 atom stereocenters. The second kappa shape index (κ2) is 22.0. The maximum atomic E-state index is 14.6. The Labute approximate surface area is 461 Å². The lowest BCUT2D eigenvalue weighted by atomic mass is 9.89. The van der Waals surface area contributed by atoms with Crippen LogP contribution in [0.3, 0.4) is 0 Å². The Balaban J connectivity index is 1.17. The third kappa shape index (κ3) is 11.4. The van der Waals surface area contributed by atoms with E-state index in [1.165, 1.54) is 24.3 Å². The highest BCUT2D eigenvalue weighted by atomic mass is 19.4. The van der Waals surface area contributed by atoms with Gasteiger partial charge < -0.3 is 9.47 Å². The average Bonchev–Trinajstić information content (AvgIpc) is 3.81. The quantitative estimate of drug-likeness (QED) is 0.0904. The van der Waals surface area contributed by atoms with Crippen molar-refractivity contribution in [3.63, 3.8) is 0 Å². The number of hydrogen-bond donors (Lipinski definition) is 0. The number of rotatable bonds is 12. The molecule has 0 fully saturated rings. The maximum Gasteiger partial charge on any atom is 0.417 e. The van der Waals surface area contributed by atoms with Crippen LogP contribution in [0.25, 0.3) is 38.6 Å². The molecule has 18 heteroatoms. The average molecular weight is 1130 g/mol. The van der Waals surface area contributed by atoms with E-state index in [4.69, 9.17) is 15.0 Å². The zero-order valence-electron chi connectivity index (χ0n) is 43.0. The van der Waals surface area contributed by atoms with Crippen molar-refractivity contribution in [3.8, 4) is 16.8 Å². The molecule has 2 aromatic heterocycles. The second-order valence-electron chi connectivity index (χ2n) is 19.1. The van der Waals surface area contributed by atoms with Crippen molar-refractivity contribution in [2.45, 2.75) is 50.0 Å². The van der Waals surface area contributed by atoms with Crippen LogP contribution < -0.4 is 0 Å². The van der Waals surface area contributed by atoms with E-state index in [-0.39, 0.29) is 23.4 Å². The summed E-state index contributed by atoms with van der Waals surface area (Å²) in [6.07, 6.45) is -5.91. The number of halogens is 12. The third-order valence-electron chi connectivity index (χ3n) is 13.8. The van der Waals surface area contributed by atoms with Crippen molar-refractivity contribution in [2.24, 2.45) is 15.0 Å². The van der Waals surface area contributed by atoms with Crippen LogP contribution in [0.1, 0.15) is 57.3 Å². The van der Waals surface area contributed by atoms with Crippen LogP contribution in [0, 0.1) is 0 Å². The molecule has 1 aliphatic carbocycles. The van der Waals surface area contributed by atoms with Crippen LogP contribution in [-0.4, -0.2) is 37.9 Å². The fraction of sp³-hybridized carbons (Fsp3) is 0.125. The first-order valence-electron chi connectivity index (χ1n) is 25.3. The highest BCUT2D eigenvalue weighted by Crippen LogP contribution is 2.45. The number of pyridine rings is 1. The van der Waals surface area contributed by atoms with Gasteiger partial charge in [0.2, 0.25) is 0 Å². The summed E-state index contributed by atoms with van der Waals surface area (Å²) < 4.78 is 171. The molecule has 0 spiro atoms. The van der Waals surface area contributed by atoms with Gasteiger partial charge in [0.1, 0.15) is 6.04 Å². The number of benzene rings is 6. The van der Waals surface area contributed by atoms with Gasteiger partial charge in [0.25, 0.3) is 0 Å². The number of alkyl halides is 12. The van der Waals surface area contributed by atoms with Crippen molar-refractivity contribution in [1.82, 2.24) is 14.5 Å². The Hall–Kier alpha value is -9.32. The molecule has 6 aromatic carbocycles. The topological polar surface area (TPSA) is 58.1 Å². The Morgan fingerprint density at radius 3 is 1.87 bits per heavy atom. The van der Waals surface area contributed by atoms with Crippen molar-refractivity contribution in [1.29, 1.82) is 0 Å². The Kier molecular flexibility index (Phi) is 15.0. The number of para-hydroxylation sites is 1. The van der Waals surface area contributed by atoms with Gasteiger partial charge in [-0.25, -0.2) is 9.98 Å². The molecule has 0 radical (unpaired) electrons. The second-order valence-corrected chi connectivity index (χ2v) is 19.1. The molecule has 0 N–H and O–H groups in total. The highest BCUT2D eigenvalue weighted by molar-refractivity contribution is 6.19. The van der Waals surface area contributed by atoms with E-state index >= 15 is 0 Å². The fourth-order valence-corrected chi connectivity index (χ4v) is 10.1. The van der Waals surface area contributed by atoms with Crippen LogP contribution in [0.2, 0.25) is 0 Å². The van der Waals surface area contributed by atoms with Crippen molar-refractivity contribution in [2.75, 3.05) is 0 Å². The molecular weight excluding hydrogens is 1080 g/mol. The van der Waals surface area contributed by atoms with Gasteiger partial charge in [-0.1, -0.05) is 128 Å². The largest absolute Gasteiger partial charge is 0.417 e. The summed E-state index contributed by atoms with van der Waals surface area (Å²) in [7, 11) is 0. The summed E-state index contributed by atoms with van der Waals surface area (Å²) >= 11 is 0. The first-order chi connectivity index (χ1) is 39.0. The van der Waals surface area contributed by atoms with Gasteiger partial charge >= 0.3 is 24.7 Å². The monoisotopic (exact) mass is 1120 g/mol. The minimum atomic E-state index is -5.14. The number of aromatic nitrogens is 2. The number of fused-ring (bicyclic) bond motifs is 4. The minimum Gasteiger partial charge on any atom is -0.312 e. The van der Waals surface area contributed by atoms with Gasteiger partial charge in [0, 0.05) is 62.9 Å². The molecule has 414 valence electrons. The Bertz CT molecular complexity index is 4020. The van der Waals surface area contributed by atoms with E-state index in [0.29, 0.717) is 85.1 Å². The predicted molar refractivity (Wildman–Crippen MR) is 295 cm³/mol. The SMILES string of the molecule is C=C(/C=C\C)N(C(=C)/C=C\Cc1ccc(C(F)(F)F)cc1C(F)(F)F)C1=CC(c2cnccc2-n2c3ccccc3c3cc(-c4ccc(C(F)(F)F)cc4C(F)(F)F)ccc32)C2=NC(c3ccccc3)=NC(c3ccccc3)=NC2C=C1. The van der Waals surface area contributed by atoms with E-state index in [1.54, 1.807) is 78.9 Å². The van der Waals surface area contributed by atoms with Crippen molar-refractivity contribution >= 4 is 39.2 Å². The summed E-state index contributed by atoms with van der Waals surface area (Å²) in [6.45, 7) is 10.4. The smallest absolute Gasteiger partial charge is 0.312 e. The lowest BCUT2D eigenvalue weighted by Crippen LogP contribution is -2.25. The van der Waals surface area contributed by atoms with Gasteiger partial charge in [-0.05, 0) is 103 Å². The molecule has 0 bridgehead atoms. The van der Waals surface area contributed by atoms with Gasteiger partial charge in [0.05, 0.1) is 44.7 Å². The molecule has 0 saturated heterocycles. The number of allylic oxidation sites excluding steroid dienone is 6. The normalized spacial score (nSPS) is 16.2. The molecule has 1 aliphatic heterocycles. The van der Waals surface area contributed by atoms with Crippen molar-refractivity contribution in [3.05, 3.63) is 275 Å². The van der Waals surface area contributed by atoms with E-state index < -0.39 is 76.5 Å². The van der Waals surface area contributed by atoms with Crippen LogP contribution in [0.15, 0.2) is 246 Å². The predicted octanol–water partition coefficient (Wildman–Crippen LogP) is 17.9. The van der Waals surface area contributed by atoms with E-state index in [0.717, 1.165) is 12.1 Å². The highest BCUT2D eigenvalue weighted by Gasteiger charge is 2.40. The van der Waals surface area contributed by atoms with Crippen LogP contribution >= 0.6 is 0 Å². The zero-order chi connectivity index (χ0) is 58.3. The number of aliphatic imine (C=N–C) groups is 3. The Morgan fingerprint density at radius 2 is 1.21 bits per heavy atom. The fourth-order valence-electron chi connectivity index (χ4n) is 10.1. The molecule has 8 aromatic rings.